The molecule has 6 nitrogen and oxygen atoms in total. The molecule has 2 aromatic heterocycles. The Kier molecular flexibility index (Phi) is 4.34. The first kappa shape index (κ1) is 14.3. The molecular formula is C15H23N5O. The number of hydrogen-bond donors (Lipinski definition) is 0. The SMILES string of the molecule is CCC(c1nc(CC2CCN(C)CC2)no1)n1cccn1. The highest BCUT2D eigenvalue weighted by molar-refractivity contribution is 4.97. The average molecular weight is 289 g/mol. The summed E-state index contributed by atoms with van der Waals surface area (Å²) in [5, 5.41) is 8.45. The molecule has 0 N–H and O–H groups in total. The normalized spacial score (nSPS) is 19.0. The minimum absolute atomic E-state index is 0.0405. The van der Waals surface area contributed by atoms with Gasteiger partial charge in [0.05, 0.1) is 0 Å². The van der Waals surface area contributed by atoms with E-state index in [9.17, 15) is 0 Å². The Bertz CT molecular complexity index is 542. The number of nitrogens with zero attached hydrogens (tertiary/aromatic N) is 5. The number of rotatable bonds is 5. The van der Waals surface area contributed by atoms with Crippen LogP contribution >= 0.6 is 0 Å². The summed E-state index contributed by atoms with van der Waals surface area (Å²) >= 11 is 0. The van der Waals surface area contributed by atoms with Crippen LogP contribution in [0.25, 0.3) is 0 Å². The van der Waals surface area contributed by atoms with Gasteiger partial charge in [0.2, 0.25) is 0 Å². The molecule has 1 unspecified atom stereocenters. The predicted molar refractivity (Wildman–Crippen MR) is 78.9 cm³/mol. The maximum atomic E-state index is 5.47. The third-order valence-corrected chi connectivity index (χ3v) is 4.31. The largest absolute Gasteiger partial charge is 0.337 e. The first-order chi connectivity index (χ1) is 10.3. The van der Waals surface area contributed by atoms with Crippen molar-refractivity contribution >= 4 is 0 Å². The maximum Gasteiger partial charge on any atom is 0.251 e. The van der Waals surface area contributed by atoms with Gasteiger partial charge in [-0.2, -0.15) is 10.1 Å². The van der Waals surface area contributed by atoms with Gasteiger partial charge in [0.15, 0.2) is 5.82 Å². The lowest BCUT2D eigenvalue weighted by molar-refractivity contribution is 0.216. The van der Waals surface area contributed by atoms with Crippen LogP contribution in [0.4, 0.5) is 0 Å². The van der Waals surface area contributed by atoms with Crippen LogP contribution in [0.3, 0.4) is 0 Å². The number of hydrogen-bond acceptors (Lipinski definition) is 5. The molecule has 1 atom stereocenters. The first-order valence-corrected chi connectivity index (χ1v) is 7.76. The number of aromatic nitrogens is 4. The van der Waals surface area contributed by atoms with Crippen molar-refractivity contribution < 1.29 is 4.52 Å². The molecule has 0 aromatic carbocycles. The van der Waals surface area contributed by atoms with Gasteiger partial charge in [-0.15, -0.1) is 0 Å². The Morgan fingerprint density at radius 1 is 1.38 bits per heavy atom. The number of piperidine rings is 1. The Balaban J connectivity index is 1.65. The summed E-state index contributed by atoms with van der Waals surface area (Å²) in [7, 11) is 2.18. The summed E-state index contributed by atoms with van der Waals surface area (Å²) in [6, 6.07) is 1.96. The van der Waals surface area contributed by atoms with Crippen molar-refractivity contribution in [1.82, 2.24) is 24.8 Å². The van der Waals surface area contributed by atoms with Crippen LogP contribution in [0, 0.1) is 5.92 Å². The molecule has 0 radical (unpaired) electrons. The Morgan fingerprint density at radius 3 is 2.86 bits per heavy atom. The predicted octanol–water partition coefficient (Wildman–Crippen LogP) is 2.15. The van der Waals surface area contributed by atoms with Crippen molar-refractivity contribution in [3.63, 3.8) is 0 Å². The zero-order valence-corrected chi connectivity index (χ0v) is 12.8. The van der Waals surface area contributed by atoms with Crippen LogP contribution < -0.4 is 0 Å². The van der Waals surface area contributed by atoms with Crippen LogP contribution in [-0.2, 0) is 6.42 Å². The quantitative estimate of drug-likeness (QED) is 0.844. The fourth-order valence-corrected chi connectivity index (χ4v) is 2.95. The molecule has 3 heterocycles. The van der Waals surface area contributed by atoms with Gasteiger partial charge in [0.25, 0.3) is 5.89 Å². The topological polar surface area (TPSA) is 60.0 Å². The van der Waals surface area contributed by atoms with Crippen molar-refractivity contribution in [3.05, 3.63) is 30.2 Å². The summed E-state index contributed by atoms with van der Waals surface area (Å²) in [6.45, 7) is 4.44. The smallest absolute Gasteiger partial charge is 0.251 e. The van der Waals surface area contributed by atoms with Gasteiger partial charge < -0.3 is 9.42 Å². The van der Waals surface area contributed by atoms with E-state index < -0.39 is 0 Å². The highest BCUT2D eigenvalue weighted by Gasteiger charge is 2.22. The van der Waals surface area contributed by atoms with Crippen molar-refractivity contribution in [1.29, 1.82) is 0 Å². The summed E-state index contributed by atoms with van der Waals surface area (Å²) in [5.74, 6) is 2.19. The van der Waals surface area contributed by atoms with E-state index in [1.807, 2.05) is 16.9 Å². The van der Waals surface area contributed by atoms with E-state index in [4.69, 9.17) is 4.52 Å². The van der Waals surface area contributed by atoms with Gasteiger partial charge in [-0.3, -0.25) is 4.68 Å². The molecule has 0 amide bonds. The van der Waals surface area contributed by atoms with Gasteiger partial charge in [0.1, 0.15) is 6.04 Å². The van der Waals surface area contributed by atoms with Crippen molar-refractivity contribution in [2.75, 3.05) is 20.1 Å². The van der Waals surface area contributed by atoms with Crippen LogP contribution in [-0.4, -0.2) is 45.0 Å². The minimum Gasteiger partial charge on any atom is -0.337 e. The van der Waals surface area contributed by atoms with Crippen LogP contribution in [0.5, 0.6) is 0 Å². The molecule has 1 aliphatic rings. The maximum absolute atomic E-state index is 5.47. The summed E-state index contributed by atoms with van der Waals surface area (Å²) in [4.78, 5) is 6.98. The highest BCUT2D eigenvalue weighted by atomic mass is 16.5. The minimum atomic E-state index is 0.0405. The molecule has 0 saturated carbocycles. The molecule has 114 valence electrons. The average Bonchev–Trinajstić information content (AvgIpc) is 3.15. The van der Waals surface area contributed by atoms with E-state index >= 15 is 0 Å². The van der Waals surface area contributed by atoms with E-state index in [2.05, 4.69) is 34.1 Å². The third kappa shape index (κ3) is 3.32. The zero-order valence-electron chi connectivity index (χ0n) is 12.8. The highest BCUT2D eigenvalue weighted by Crippen LogP contribution is 2.22. The van der Waals surface area contributed by atoms with Crippen molar-refractivity contribution in [2.24, 2.45) is 5.92 Å². The number of likely N-dealkylation sites (tertiary alicyclic amines) is 1. The lowest BCUT2D eigenvalue weighted by atomic mass is 9.94. The first-order valence-electron chi connectivity index (χ1n) is 7.76. The van der Waals surface area contributed by atoms with E-state index in [0.29, 0.717) is 11.8 Å². The molecule has 1 fully saturated rings. The summed E-state index contributed by atoms with van der Waals surface area (Å²) in [6.07, 6.45) is 7.96. The molecule has 21 heavy (non-hydrogen) atoms. The van der Waals surface area contributed by atoms with Gasteiger partial charge in [-0.05, 0) is 51.4 Å². The van der Waals surface area contributed by atoms with Gasteiger partial charge in [-0.1, -0.05) is 12.1 Å². The Morgan fingerprint density at radius 2 is 2.19 bits per heavy atom. The molecule has 3 rings (SSSR count). The molecule has 6 heteroatoms. The molecule has 2 aromatic rings. The van der Waals surface area contributed by atoms with E-state index in [0.717, 1.165) is 18.7 Å². The fraction of sp³-hybridized carbons (Fsp3) is 0.667. The Hall–Kier alpha value is -1.69. The monoisotopic (exact) mass is 289 g/mol. The summed E-state index contributed by atoms with van der Waals surface area (Å²) < 4.78 is 7.35. The second-order valence-electron chi connectivity index (χ2n) is 5.91. The van der Waals surface area contributed by atoms with Crippen LogP contribution in [0.15, 0.2) is 23.0 Å². The van der Waals surface area contributed by atoms with Crippen molar-refractivity contribution in [3.8, 4) is 0 Å². The van der Waals surface area contributed by atoms with E-state index in [1.54, 1.807) is 6.20 Å². The molecule has 0 bridgehead atoms. The second kappa shape index (κ2) is 6.39. The van der Waals surface area contributed by atoms with E-state index in [1.165, 1.54) is 25.9 Å². The fourth-order valence-electron chi connectivity index (χ4n) is 2.95. The Labute approximate surface area is 125 Å². The molecule has 1 saturated heterocycles. The standard InChI is InChI=1S/C15H23N5O/c1-3-13(20-8-4-7-16-20)15-17-14(18-21-15)11-12-5-9-19(2)10-6-12/h4,7-8,12-13H,3,5-6,9-11H2,1-2H3. The van der Waals surface area contributed by atoms with Crippen LogP contribution in [0.1, 0.15) is 43.9 Å². The zero-order chi connectivity index (χ0) is 14.7. The molecule has 0 aliphatic carbocycles. The lowest BCUT2D eigenvalue weighted by Gasteiger charge is -2.28. The van der Waals surface area contributed by atoms with Crippen molar-refractivity contribution in [2.45, 2.75) is 38.6 Å². The summed E-state index contributed by atoms with van der Waals surface area (Å²) in [5.41, 5.74) is 0. The van der Waals surface area contributed by atoms with Gasteiger partial charge in [0, 0.05) is 18.8 Å². The molecule has 1 aliphatic heterocycles. The van der Waals surface area contributed by atoms with Gasteiger partial charge in [-0.25, -0.2) is 0 Å². The van der Waals surface area contributed by atoms with E-state index in [-0.39, 0.29) is 6.04 Å². The third-order valence-electron chi connectivity index (χ3n) is 4.31. The second-order valence-corrected chi connectivity index (χ2v) is 5.91. The molecule has 0 spiro atoms. The van der Waals surface area contributed by atoms with Gasteiger partial charge >= 0.3 is 0 Å². The molecular weight excluding hydrogens is 266 g/mol. The lowest BCUT2D eigenvalue weighted by Crippen LogP contribution is -2.31. The van der Waals surface area contributed by atoms with Crippen LogP contribution in [0.2, 0.25) is 0 Å².